The number of thiophene rings is 1. The average Bonchev–Trinajstić information content (AvgIpc) is 2.84. The lowest BCUT2D eigenvalue weighted by Crippen LogP contribution is -2.03. The van der Waals surface area contributed by atoms with Crippen LogP contribution < -0.4 is 5.32 Å². The van der Waals surface area contributed by atoms with E-state index < -0.39 is 0 Å². The standard InChI is InChI=1S/C16H14ClNS/c17-16-8-7-15(19-16)9-10-18-14-6-5-12-3-1-2-4-13(12)11-14/h1-8,11,18H,9-10H2. The Hall–Kier alpha value is -1.51. The minimum Gasteiger partial charge on any atom is -0.385 e. The summed E-state index contributed by atoms with van der Waals surface area (Å²) in [6.45, 7) is 0.926. The third-order valence-corrected chi connectivity index (χ3v) is 4.37. The molecule has 2 aromatic carbocycles. The fourth-order valence-corrected chi connectivity index (χ4v) is 3.20. The van der Waals surface area contributed by atoms with Crippen LogP contribution in [0.2, 0.25) is 4.34 Å². The summed E-state index contributed by atoms with van der Waals surface area (Å²) in [5.74, 6) is 0. The Labute approximate surface area is 121 Å². The summed E-state index contributed by atoms with van der Waals surface area (Å²) >= 11 is 7.57. The molecule has 0 spiro atoms. The molecule has 0 amide bonds. The monoisotopic (exact) mass is 287 g/mol. The van der Waals surface area contributed by atoms with Crippen molar-refractivity contribution >= 4 is 39.4 Å². The van der Waals surface area contributed by atoms with Crippen molar-refractivity contribution < 1.29 is 0 Å². The van der Waals surface area contributed by atoms with Crippen molar-refractivity contribution in [3.05, 3.63) is 63.8 Å². The van der Waals surface area contributed by atoms with Crippen molar-refractivity contribution in [3.8, 4) is 0 Å². The Kier molecular flexibility index (Phi) is 3.72. The quantitative estimate of drug-likeness (QED) is 0.694. The minimum absolute atomic E-state index is 0.862. The average molecular weight is 288 g/mol. The zero-order chi connectivity index (χ0) is 13.1. The summed E-state index contributed by atoms with van der Waals surface area (Å²) in [6.07, 6.45) is 1.00. The molecule has 3 aromatic rings. The van der Waals surface area contributed by atoms with Gasteiger partial charge in [0, 0.05) is 17.1 Å². The van der Waals surface area contributed by atoms with E-state index in [0.717, 1.165) is 17.3 Å². The van der Waals surface area contributed by atoms with Gasteiger partial charge < -0.3 is 5.32 Å². The summed E-state index contributed by atoms with van der Waals surface area (Å²) in [5.41, 5.74) is 1.17. The molecule has 1 N–H and O–H groups in total. The molecule has 1 aromatic heterocycles. The van der Waals surface area contributed by atoms with Gasteiger partial charge in [-0.3, -0.25) is 0 Å². The molecule has 0 aliphatic heterocycles. The van der Waals surface area contributed by atoms with E-state index in [1.807, 2.05) is 6.07 Å². The highest BCUT2D eigenvalue weighted by molar-refractivity contribution is 7.16. The van der Waals surface area contributed by atoms with Gasteiger partial charge in [0.25, 0.3) is 0 Å². The topological polar surface area (TPSA) is 12.0 Å². The maximum absolute atomic E-state index is 5.92. The Morgan fingerprint density at radius 3 is 2.58 bits per heavy atom. The third-order valence-electron chi connectivity index (χ3n) is 3.08. The first-order valence-corrected chi connectivity index (χ1v) is 7.47. The van der Waals surface area contributed by atoms with E-state index in [2.05, 4.69) is 53.8 Å². The van der Waals surface area contributed by atoms with Crippen LogP contribution in [-0.2, 0) is 6.42 Å². The van der Waals surface area contributed by atoms with Gasteiger partial charge in [-0.1, -0.05) is 41.9 Å². The second-order valence-corrected chi connectivity index (χ2v) is 6.24. The van der Waals surface area contributed by atoms with Gasteiger partial charge in [0.15, 0.2) is 0 Å². The van der Waals surface area contributed by atoms with E-state index in [1.165, 1.54) is 21.3 Å². The first-order chi connectivity index (χ1) is 9.31. The lowest BCUT2D eigenvalue weighted by Gasteiger charge is -2.06. The van der Waals surface area contributed by atoms with E-state index in [0.29, 0.717) is 0 Å². The number of hydrogen-bond acceptors (Lipinski definition) is 2. The van der Waals surface area contributed by atoms with Crippen LogP contribution in [-0.4, -0.2) is 6.54 Å². The largest absolute Gasteiger partial charge is 0.385 e. The van der Waals surface area contributed by atoms with Crippen molar-refractivity contribution in [2.75, 3.05) is 11.9 Å². The predicted molar refractivity (Wildman–Crippen MR) is 85.5 cm³/mol. The minimum atomic E-state index is 0.862. The number of benzene rings is 2. The van der Waals surface area contributed by atoms with Gasteiger partial charge in [-0.15, -0.1) is 11.3 Å². The van der Waals surface area contributed by atoms with Crippen LogP contribution in [0.25, 0.3) is 10.8 Å². The molecule has 0 saturated carbocycles. The van der Waals surface area contributed by atoms with Crippen LogP contribution in [0, 0.1) is 0 Å². The summed E-state index contributed by atoms with van der Waals surface area (Å²) < 4.78 is 0.862. The Balaban J connectivity index is 1.65. The van der Waals surface area contributed by atoms with Crippen molar-refractivity contribution in [1.29, 1.82) is 0 Å². The number of anilines is 1. The van der Waals surface area contributed by atoms with E-state index in [9.17, 15) is 0 Å². The van der Waals surface area contributed by atoms with Crippen molar-refractivity contribution in [2.45, 2.75) is 6.42 Å². The Bertz CT molecular complexity index is 690. The molecule has 0 radical (unpaired) electrons. The highest BCUT2D eigenvalue weighted by atomic mass is 35.5. The molecule has 96 valence electrons. The van der Waals surface area contributed by atoms with Gasteiger partial charge in [0.2, 0.25) is 0 Å². The van der Waals surface area contributed by atoms with Gasteiger partial charge in [-0.05, 0) is 41.5 Å². The maximum atomic E-state index is 5.92. The highest BCUT2D eigenvalue weighted by Crippen LogP contribution is 2.22. The predicted octanol–water partition coefficient (Wildman–Crippen LogP) is 5.21. The number of halogens is 1. The SMILES string of the molecule is Clc1ccc(CCNc2ccc3ccccc3c2)s1. The van der Waals surface area contributed by atoms with Crippen LogP contribution in [0.15, 0.2) is 54.6 Å². The maximum Gasteiger partial charge on any atom is 0.0931 e. The van der Waals surface area contributed by atoms with E-state index in [4.69, 9.17) is 11.6 Å². The lowest BCUT2D eigenvalue weighted by molar-refractivity contribution is 1.05. The van der Waals surface area contributed by atoms with E-state index in [1.54, 1.807) is 11.3 Å². The molecule has 0 aliphatic rings. The van der Waals surface area contributed by atoms with Gasteiger partial charge in [0.05, 0.1) is 4.34 Å². The van der Waals surface area contributed by atoms with Gasteiger partial charge >= 0.3 is 0 Å². The van der Waals surface area contributed by atoms with Crippen LogP contribution in [0.4, 0.5) is 5.69 Å². The second-order valence-electron chi connectivity index (χ2n) is 4.44. The first-order valence-electron chi connectivity index (χ1n) is 6.28. The first kappa shape index (κ1) is 12.5. The molecule has 1 heterocycles. The third kappa shape index (κ3) is 3.09. The summed E-state index contributed by atoms with van der Waals surface area (Å²) in [7, 11) is 0. The molecule has 0 aliphatic carbocycles. The number of fused-ring (bicyclic) bond motifs is 1. The van der Waals surface area contributed by atoms with Gasteiger partial charge in [0.1, 0.15) is 0 Å². The van der Waals surface area contributed by atoms with Crippen LogP contribution in [0.3, 0.4) is 0 Å². The Morgan fingerprint density at radius 2 is 1.79 bits per heavy atom. The fourth-order valence-electron chi connectivity index (χ4n) is 2.12. The molecule has 19 heavy (non-hydrogen) atoms. The van der Waals surface area contributed by atoms with Crippen LogP contribution in [0.1, 0.15) is 4.88 Å². The lowest BCUT2D eigenvalue weighted by atomic mass is 10.1. The second kappa shape index (κ2) is 5.64. The van der Waals surface area contributed by atoms with E-state index >= 15 is 0 Å². The molecule has 0 fully saturated rings. The molecule has 0 bridgehead atoms. The highest BCUT2D eigenvalue weighted by Gasteiger charge is 1.99. The van der Waals surface area contributed by atoms with Crippen LogP contribution in [0.5, 0.6) is 0 Å². The molecular weight excluding hydrogens is 274 g/mol. The summed E-state index contributed by atoms with van der Waals surface area (Å²) in [4.78, 5) is 1.32. The molecule has 0 unspecified atom stereocenters. The Morgan fingerprint density at radius 1 is 0.947 bits per heavy atom. The summed E-state index contributed by atoms with van der Waals surface area (Å²) in [6, 6.07) is 18.9. The molecule has 0 atom stereocenters. The molecule has 3 rings (SSSR count). The molecular formula is C16H14ClNS. The molecule has 1 nitrogen and oxygen atoms in total. The van der Waals surface area contributed by atoms with E-state index in [-0.39, 0.29) is 0 Å². The zero-order valence-electron chi connectivity index (χ0n) is 10.4. The van der Waals surface area contributed by atoms with Crippen molar-refractivity contribution in [3.63, 3.8) is 0 Å². The van der Waals surface area contributed by atoms with Gasteiger partial charge in [-0.25, -0.2) is 0 Å². The number of rotatable bonds is 4. The smallest absolute Gasteiger partial charge is 0.0931 e. The number of nitrogens with one attached hydrogen (secondary N) is 1. The van der Waals surface area contributed by atoms with Crippen molar-refractivity contribution in [2.24, 2.45) is 0 Å². The normalized spacial score (nSPS) is 10.8. The number of hydrogen-bond donors (Lipinski definition) is 1. The fraction of sp³-hybridized carbons (Fsp3) is 0.125. The summed E-state index contributed by atoms with van der Waals surface area (Å²) in [5, 5.41) is 6.00. The molecule has 0 saturated heterocycles. The van der Waals surface area contributed by atoms with Gasteiger partial charge in [-0.2, -0.15) is 0 Å². The van der Waals surface area contributed by atoms with Crippen LogP contribution >= 0.6 is 22.9 Å². The van der Waals surface area contributed by atoms with Crippen molar-refractivity contribution in [1.82, 2.24) is 0 Å². The molecule has 3 heteroatoms. The zero-order valence-corrected chi connectivity index (χ0v) is 12.0.